The van der Waals surface area contributed by atoms with Crippen molar-refractivity contribution in [1.82, 2.24) is 9.88 Å². The molecule has 6 heteroatoms. The highest BCUT2D eigenvalue weighted by molar-refractivity contribution is 5.78. The first-order valence-electron chi connectivity index (χ1n) is 8.39. The van der Waals surface area contributed by atoms with Crippen LogP contribution in [0.5, 0.6) is 5.75 Å². The number of nitrogens with zero attached hydrogens (tertiary/aromatic N) is 2. The molecule has 2 aromatic rings. The molecule has 1 aromatic heterocycles. The molecular weight excluding hydrogens is 318 g/mol. The summed E-state index contributed by atoms with van der Waals surface area (Å²) in [5.41, 5.74) is 6.80. The van der Waals surface area contributed by atoms with E-state index in [2.05, 4.69) is 9.88 Å². The third-order valence-electron chi connectivity index (χ3n) is 4.71. The van der Waals surface area contributed by atoms with Crippen molar-refractivity contribution in [3.63, 3.8) is 0 Å². The summed E-state index contributed by atoms with van der Waals surface area (Å²) in [7, 11) is 0. The number of aromatic nitrogens is 1. The topological polar surface area (TPSA) is 88.7 Å². The van der Waals surface area contributed by atoms with Crippen molar-refractivity contribution in [2.45, 2.75) is 31.9 Å². The number of nitrogen functional groups attached to an aromatic ring is 1. The fourth-order valence-electron chi connectivity index (χ4n) is 3.09. The Morgan fingerprint density at radius 3 is 2.56 bits per heavy atom. The van der Waals surface area contributed by atoms with Crippen molar-refractivity contribution in [1.29, 1.82) is 0 Å². The Balaban J connectivity index is 1.67. The van der Waals surface area contributed by atoms with Gasteiger partial charge in [0.15, 0.2) is 0 Å². The van der Waals surface area contributed by atoms with E-state index in [1.54, 1.807) is 6.20 Å². The van der Waals surface area contributed by atoms with Crippen LogP contribution in [-0.2, 0) is 11.3 Å². The molecule has 1 saturated heterocycles. The van der Waals surface area contributed by atoms with Crippen LogP contribution in [0.1, 0.15) is 24.0 Å². The van der Waals surface area contributed by atoms with E-state index in [0.717, 1.165) is 11.1 Å². The highest BCUT2D eigenvalue weighted by Gasteiger charge is 2.44. The van der Waals surface area contributed by atoms with Gasteiger partial charge in [-0.25, -0.2) is 9.78 Å². The van der Waals surface area contributed by atoms with Crippen molar-refractivity contribution < 1.29 is 14.6 Å². The number of nitrogens with two attached hydrogens (primary N) is 1. The molecule has 0 saturated carbocycles. The molecular formula is C19H23N3O3. The highest BCUT2D eigenvalue weighted by Crippen LogP contribution is 2.30. The molecule has 1 aliphatic heterocycles. The lowest BCUT2D eigenvalue weighted by molar-refractivity contribution is -0.159. The maximum Gasteiger partial charge on any atom is 0.348 e. The first-order chi connectivity index (χ1) is 12.0. The van der Waals surface area contributed by atoms with Gasteiger partial charge in [0.25, 0.3) is 0 Å². The number of rotatable bonds is 5. The van der Waals surface area contributed by atoms with Gasteiger partial charge < -0.3 is 15.6 Å². The summed E-state index contributed by atoms with van der Waals surface area (Å²) in [6.07, 6.45) is 2.52. The van der Waals surface area contributed by atoms with E-state index in [0.29, 0.717) is 44.0 Å². The lowest BCUT2D eigenvalue weighted by atomic mass is 9.90. The van der Waals surface area contributed by atoms with Gasteiger partial charge in [0.05, 0.1) is 0 Å². The van der Waals surface area contributed by atoms with E-state index in [1.165, 1.54) is 0 Å². The number of carboxylic acid groups (broad SMARTS) is 1. The Morgan fingerprint density at radius 2 is 1.96 bits per heavy atom. The number of aliphatic carboxylic acids is 1. The molecule has 25 heavy (non-hydrogen) atoms. The molecule has 0 radical (unpaired) electrons. The standard InChI is InChI=1S/C19H23N3O3/c1-14-4-6-16(7-5-14)25-19(18(23)24)8-11-22(12-9-19)13-15-3-2-10-21-17(15)20/h2-7,10H,8-9,11-13H2,1H3,(H2,20,21)(H,23,24). The third-order valence-corrected chi connectivity index (χ3v) is 4.71. The minimum atomic E-state index is -1.17. The smallest absolute Gasteiger partial charge is 0.348 e. The van der Waals surface area contributed by atoms with Crippen LogP contribution in [0.15, 0.2) is 42.6 Å². The number of anilines is 1. The molecule has 0 unspecified atom stereocenters. The summed E-state index contributed by atoms with van der Waals surface area (Å²) in [5.74, 6) is 0.208. The minimum absolute atomic E-state index is 0.427. The van der Waals surface area contributed by atoms with E-state index in [-0.39, 0.29) is 0 Å². The maximum absolute atomic E-state index is 11.9. The molecule has 1 aromatic carbocycles. The Bertz CT molecular complexity index is 738. The van der Waals surface area contributed by atoms with Crippen LogP contribution < -0.4 is 10.5 Å². The van der Waals surface area contributed by atoms with Gasteiger partial charge in [-0.15, -0.1) is 0 Å². The van der Waals surface area contributed by atoms with Crippen LogP contribution in [-0.4, -0.2) is 39.7 Å². The summed E-state index contributed by atoms with van der Waals surface area (Å²) in [6, 6.07) is 11.3. The average molecular weight is 341 g/mol. The normalized spacial score (nSPS) is 17.2. The summed E-state index contributed by atoms with van der Waals surface area (Å²) >= 11 is 0. The zero-order chi connectivity index (χ0) is 17.9. The van der Waals surface area contributed by atoms with Crippen LogP contribution in [0, 0.1) is 6.92 Å². The van der Waals surface area contributed by atoms with Crippen LogP contribution in [0.25, 0.3) is 0 Å². The fourth-order valence-corrected chi connectivity index (χ4v) is 3.09. The summed E-state index contributed by atoms with van der Waals surface area (Å²) in [5, 5.41) is 9.75. The Morgan fingerprint density at radius 1 is 1.28 bits per heavy atom. The predicted molar refractivity (Wildman–Crippen MR) is 95.3 cm³/mol. The first kappa shape index (κ1) is 17.2. The summed E-state index contributed by atoms with van der Waals surface area (Å²) in [6.45, 7) is 3.91. The minimum Gasteiger partial charge on any atom is -0.478 e. The average Bonchev–Trinajstić information content (AvgIpc) is 2.60. The molecule has 1 aliphatic rings. The van der Waals surface area contributed by atoms with Crippen molar-refractivity contribution in [2.75, 3.05) is 18.8 Å². The van der Waals surface area contributed by atoms with Crippen LogP contribution in [0.2, 0.25) is 0 Å². The van der Waals surface area contributed by atoms with Crippen LogP contribution >= 0.6 is 0 Å². The molecule has 3 rings (SSSR count). The van der Waals surface area contributed by atoms with Crippen molar-refractivity contribution in [2.24, 2.45) is 0 Å². The van der Waals surface area contributed by atoms with Crippen LogP contribution in [0.4, 0.5) is 5.82 Å². The first-order valence-corrected chi connectivity index (χ1v) is 8.39. The monoisotopic (exact) mass is 341 g/mol. The van der Waals surface area contributed by atoms with Gasteiger partial charge in [-0.3, -0.25) is 4.90 Å². The van der Waals surface area contributed by atoms with E-state index < -0.39 is 11.6 Å². The van der Waals surface area contributed by atoms with Crippen molar-refractivity contribution in [3.05, 3.63) is 53.7 Å². The van der Waals surface area contributed by atoms with Gasteiger partial charge in [0.2, 0.25) is 5.60 Å². The van der Waals surface area contributed by atoms with E-state index >= 15 is 0 Å². The second-order valence-electron chi connectivity index (χ2n) is 6.54. The maximum atomic E-state index is 11.9. The zero-order valence-corrected chi connectivity index (χ0v) is 14.3. The summed E-state index contributed by atoms with van der Waals surface area (Å²) in [4.78, 5) is 18.2. The molecule has 0 bridgehead atoms. The van der Waals surface area contributed by atoms with E-state index in [1.807, 2.05) is 43.3 Å². The third kappa shape index (κ3) is 3.91. The molecule has 2 heterocycles. The molecule has 132 valence electrons. The van der Waals surface area contributed by atoms with E-state index in [9.17, 15) is 9.90 Å². The van der Waals surface area contributed by atoms with E-state index in [4.69, 9.17) is 10.5 Å². The number of hydrogen-bond acceptors (Lipinski definition) is 5. The Labute approximate surface area is 147 Å². The number of hydrogen-bond donors (Lipinski definition) is 2. The molecule has 3 N–H and O–H groups in total. The summed E-state index contributed by atoms with van der Waals surface area (Å²) < 4.78 is 5.92. The second kappa shape index (κ2) is 7.11. The SMILES string of the molecule is Cc1ccc(OC2(C(=O)O)CCN(Cc3cccnc3N)CC2)cc1. The Kier molecular flexibility index (Phi) is 4.90. The largest absolute Gasteiger partial charge is 0.478 e. The molecule has 0 atom stereocenters. The second-order valence-corrected chi connectivity index (χ2v) is 6.54. The number of aryl methyl sites for hydroxylation is 1. The van der Waals surface area contributed by atoms with Gasteiger partial charge in [0, 0.05) is 44.2 Å². The van der Waals surface area contributed by atoms with Crippen molar-refractivity contribution in [3.8, 4) is 5.75 Å². The predicted octanol–water partition coefficient (Wildman–Crippen LogP) is 2.47. The number of carbonyl (C=O) groups is 1. The number of benzene rings is 1. The number of pyridine rings is 1. The number of likely N-dealkylation sites (tertiary alicyclic amines) is 1. The lowest BCUT2D eigenvalue weighted by Crippen LogP contribution is -2.53. The molecule has 0 aliphatic carbocycles. The number of piperidine rings is 1. The highest BCUT2D eigenvalue weighted by atomic mass is 16.5. The zero-order valence-electron chi connectivity index (χ0n) is 14.3. The number of ether oxygens (including phenoxy) is 1. The van der Waals surface area contributed by atoms with Crippen LogP contribution in [0.3, 0.4) is 0 Å². The molecule has 0 amide bonds. The quantitative estimate of drug-likeness (QED) is 0.868. The van der Waals surface area contributed by atoms with Gasteiger partial charge >= 0.3 is 5.97 Å². The van der Waals surface area contributed by atoms with Gasteiger partial charge in [-0.2, -0.15) is 0 Å². The molecule has 6 nitrogen and oxygen atoms in total. The van der Waals surface area contributed by atoms with Gasteiger partial charge in [0.1, 0.15) is 11.6 Å². The Hall–Kier alpha value is -2.60. The lowest BCUT2D eigenvalue weighted by Gasteiger charge is -2.39. The molecule has 0 spiro atoms. The fraction of sp³-hybridized carbons (Fsp3) is 0.368. The number of carboxylic acids is 1. The molecule has 1 fully saturated rings. The van der Waals surface area contributed by atoms with Gasteiger partial charge in [-0.1, -0.05) is 23.8 Å². The van der Waals surface area contributed by atoms with Gasteiger partial charge in [-0.05, 0) is 25.1 Å². The van der Waals surface area contributed by atoms with Crippen molar-refractivity contribution >= 4 is 11.8 Å².